The van der Waals surface area contributed by atoms with E-state index < -0.39 is 12.7 Å². The average Bonchev–Trinajstić information content (AvgIpc) is 2.27. The fraction of sp³-hybridized carbons (Fsp3) is 0.917. The molecule has 1 fully saturated rings. The molecule has 106 valence electrons. The number of hydrogen-bond acceptors (Lipinski definition) is 2. The van der Waals surface area contributed by atoms with Gasteiger partial charge in [-0.3, -0.25) is 4.79 Å². The highest BCUT2D eigenvalue weighted by Gasteiger charge is 2.27. The molecule has 0 saturated heterocycles. The molecule has 2 N–H and O–H groups in total. The number of alkyl halides is 3. The Morgan fingerprint density at radius 2 is 2.06 bits per heavy atom. The zero-order valence-corrected chi connectivity index (χ0v) is 10.6. The van der Waals surface area contributed by atoms with Crippen molar-refractivity contribution in [3.63, 3.8) is 0 Å². The van der Waals surface area contributed by atoms with Crippen LogP contribution in [0.3, 0.4) is 0 Å². The van der Waals surface area contributed by atoms with Crippen molar-refractivity contribution in [2.45, 2.75) is 51.2 Å². The quantitative estimate of drug-likeness (QED) is 0.801. The fourth-order valence-corrected chi connectivity index (χ4v) is 2.39. The molecular formula is C12H21F3N2O. The second kappa shape index (κ2) is 6.97. The van der Waals surface area contributed by atoms with E-state index in [0.29, 0.717) is 5.92 Å². The second-order valence-electron chi connectivity index (χ2n) is 4.92. The third-order valence-corrected chi connectivity index (χ3v) is 3.34. The minimum Gasteiger partial charge on any atom is -0.352 e. The number of carbonyl (C=O) groups excluding carboxylic acids is 1. The molecule has 0 aliphatic heterocycles. The summed E-state index contributed by atoms with van der Waals surface area (Å²) in [4.78, 5) is 11.5. The summed E-state index contributed by atoms with van der Waals surface area (Å²) in [5, 5.41) is 4.90. The van der Waals surface area contributed by atoms with Gasteiger partial charge in [0.05, 0.1) is 13.1 Å². The van der Waals surface area contributed by atoms with Gasteiger partial charge >= 0.3 is 6.18 Å². The maximum absolute atomic E-state index is 11.9. The summed E-state index contributed by atoms with van der Waals surface area (Å²) in [5.74, 6) is 0.285. The van der Waals surface area contributed by atoms with Crippen LogP contribution in [-0.4, -0.2) is 31.2 Å². The minimum absolute atomic E-state index is 0.129. The zero-order chi connectivity index (χ0) is 13.6. The smallest absolute Gasteiger partial charge is 0.352 e. The molecule has 18 heavy (non-hydrogen) atoms. The molecule has 1 saturated carbocycles. The highest BCUT2D eigenvalue weighted by Crippen LogP contribution is 2.26. The maximum atomic E-state index is 11.9. The highest BCUT2D eigenvalue weighted by molar-refractivity contribution is 5.78. The Balaban J connectivity index is 2.19. The molecule has 1 aliphatic rings. The lowest BCUT2D eigenvalue weighted by Gasteiger charge is -2.29. The number of amides is 1. The number of hydrogen-bond donors (Lipinski definition) is 2. The van der Waals surface area contributed by atoms with Crippen LogP contribution in [0.15, 0.2) is 0 Å². The van der Waals surface area contributed by atoms with E-state index >= 15 is 0 Å². The summed E-state index contributed by atoms with van der Waals surface area (Å²) in [6.45, 7) is 0.731. The van der Waals surface area contributed by atoms with Crippen molar-refractivity contribution in [3.05, 3.63) is 0 Å². The van der Waals surface area contributed by atoms with Gasteiger partial charge in [0.15, 0.2) is 0 Å². The molecule has 6 heteroatoms. The summed E-state index contributed by atoms with van der Waals surface area (Å²) in [6, 6.07) is 0.129. The lowest BCUT2D eigenvalue weighted by Crippen LogP contribution is -2.44. The molecule has 0 aromatic heterocycles. The third-order valence-electron chi connectivity index (χ3n) is 3.34. The number of rotatable bonds is 5. The molecule has 0 aromatic rings. The van der Waals surface area contributed by atoms with Crippen LogP contribution in [0.1, 0.15) is 39.0 Å². The Morgan fingerprint density at radius 3 is 2.67 bits per heavy atom. The van der Waals surface area contributed by atoms with Crippen LogP contribution >= 0.6 is 0 Å². The van der Waals surface area contributed by atoms with Gasteiger partial charge in [-0.1, -0.05) is 26.2 Å². The summed E-state index contributed by atoms with van der Waals surface area (Å²) in [7, 11) is 0. The molecule has 0 bridgehead atoms. The molecule has 0 heterocycles. The van der Waals surface area contributed by atoms with Gasteiger partial charge in [0.25, 0.3) is 0 Å². The van der Waals surface area contributed by atoms with Gasteiger partial charge in [-0.25, -0.2) is 0 Å². The molecule has 1 rings (SSSR count). The monoisotopic (exact) mass is 266 g/mol. The molecule has 0 spiro atoms. The first-order valence-electron chi connectivity index (χ1n) is 6.47. The van der Waals surface area contributed by atoms with E-state index in [-0.39, 0.29) is 18.5 Å². The van der Waals surface area contributed by atoms with Crippen molar-refractivity contribution >= 4 is 5.91 Å². The van der Waals surface area contributed by atoms with E-state index in [4.69, 9.17) is 0 Å². The molecule has 3 nitrogen and oxygen atoms in total. The molecule has 0 radical (unpaired) electrons. The third kappa shape index (κ3) is 6.23. The summed E-state index contributed by atoms with van der Waals surface area (Å²) in [6.07, 6.45) is 0.981. The largest absolute Gasteiger partial charge is 0.401 e. The van der Waals surface area contributed by atoms with Crippen molar-refractivity contribution in [2.75, 3.05) is 13.1 Å². The van der Waals surface area contributed by atoms with Crippen LogP contribution in [-0.2, 0) is 4.79 Å². The van der Waals surface area contributed by atoms with Crippen molar-refractivity contribution < 1.29 is 18.0 Å². The zero-order valence-electron chi connectivity index (χ0n) is 10.6. The molecule has 1 aliphatic carbocycles. The number of carbonyl (C=O) groups is 1. The van der Waals surface area contributed by atoms with Crippen molar-refractivity contribution in [3.8, 4) is 0 Å². The van der Waals surface area contributed by atoms with E-state index in [1.165, 1.54) is 6.42 Å². The van der Waals surface area contributed by atoms with E-state index in [0.717, 1.165) is 25.7 Å². The highest BCUT2D eigenvalue weighted by atomic mass is 19.4. The minimum atomic E-state index is -4.27. The Bertz CT molecular complexity index is 269. The first kappa shape index (κ1) is 15.3. The lowest BCUT2D eigenvalue weighted by atomic mass is 9.84. The predicted molar refractivity (Wildman–Crippen MR) is 63.1 cm³/mol. The van der Waals surface area contributed by atoms with Crippen LogP contribution < -0.4 is 10.6 Å². The van der Waals surface area contributed by atoms with Crippen molar-refractivity contribution in [1.82, 2.24) is 10.6 Å². The standard InChI is InChI=1S/C12H21F3N2O/c1-2-9-4-3-5-10(6-9)17-11(18)7-16-8-12(13,14)15/h9-10,16H,2-8H2,1H3,(H,17,18). The maximum Gasteiger partial charge on any atom is 0.401 e. The van der Waals surface area contributed by atoms with Crippen LogP contribution in [0.25, 0.3) is 0 Å². The first-order valence-corrected chi connectivity index (χ1v) is 6.47. The van der Waals surface area contributed by atoms with E-state index in [1.54, 1.807) is 0 Å². The van der Waals surface area contributed by atoms with Gasteiger partial charge in [-0.2, -0.15) is 13.2 Å². The van der Waals surface area contributed by atoms with Gasteiger partial charge in [-0.15, -0.1) is 0 Å². The van der Waals surface area contributed by atoms with Crippen LogP contribution in [0.5, 0.6) is 0 Å². The average molecular weight is 266 g/mol. The Labute approximate surface area is 106 Å². The predicted octanol–water partition coefficient (Wildman–Crippen LogP) is 2.22. The van der Waals surface area contributed by atoms with Crippen LogP contribution in [0, 0.1) is 5.92 Å². The first-order chi connectivity index (χ1) is 8.40. The van der Waals surface area contributed by atoms with E-state index in [2.05, 4.69) is 17.6 Å². The van der Waals surface area contributed by atoms with Crippen molar-refractivity contribution in [2.24, 2.45) is 5.92 Å². The molecule has 0 aromatic carbocycles. The van der Waals surface area contributed by atoms with Gasteiger partial charge in [0.2, 0.25) is 5.91 Å². The molecular weight excluding hydrogens is 245 g/mol. The van der Waals surface area contributed by atoms with E-state index in [9.17, 15) is 18.0 Å². The Morgan fingerprint density at radius 1 is 1.33 bits per heavy atom. The van der Waals surface area contributed by atoms with Gasteiger partial charge in [0.1, 0.15) is 0 Å². The SMILES string of the molecule is CCC1CCCC(NC(=O)CNCC(F)(F)F)C1. The molecule has 1 amide bonds. The Kier molecular flexibility index (Phi) is 5.91. The van der Waals surface area contributed by atoms with Gasteiger partial charge in [-0.05, 0) is 18.8 Å². The fourth-order valence-electron chi connectivity index (χ4n) is 2.39. The number of nitrogens with one attached hydrogen (secondary N) is 2. The number of halogens is 3. The van der Waals surface area contributed by atoms with Crippen LogP contribution in [0.4, 0.5) is 13.2 Å². The summed E-state index contributed by atoms with van der Waals surface area (Å²) >= 11 is 0. The van der Waals surface area contributed by atoms with Crippen LogP contribution in [0.2, 0.25) is 0 Å². The van der Waals surface area contributed by atoms with Gasteiger partial charge in [0, 0.05) is 6.04 Å². The van der Waals surface area contributed by atoms with Gasteiger partial charge < -0.3 is 10.6 Å². The second-order valence-corrected chi connectivity index (χ2v) is 4.92. The van der Waals surface area contributed by atoms with Crippen molar-refractivity contribution in [1.29, 1.82) is 0 Å². The Hall–Kier alpha value is -0.780. The van der Waals surface area contributed by atoms with E-state index in [1.807, 2.05) is 0 Å². The lowest BCUT2D eigenvalue weighted by molar-refractivity contribution is -0.128. The molecule has 2 unspecified atom stereocenters. The topological polar surface area (TPSA) is 41.1 Å². The normalized spacial score (nSPS) is 24.9. The summed E-state index contributed by atoms with van der Waals surface area (Å²) < 4.78 is 35.6. The summed E-state index contributed by atoms with van der Waals surface area (Å²) in [5.41, 5.74) is 0. The molecule has 2 atom stereocenters.